The van der Waals surface area contributed by atoms with Crippen LogP contribution in [0, 0.1) is 12.3 Å². The van der Waals surface area contributed by atoms with Crippen molar-refractivity contribution in [2.24, 2.45) is 0 Å². The summed E-state index contributed by atoms with van der Waals surface area (Å²) in [7, 11) is 0. The maximum absolute atomic E-state index is 5.33. The number of rotatable bonds is 3. The molecule has 0 fully saturated rings. The van der Waals surface area contributed by atoms with Gasteiger partial charge in [0.05, 0.1) is 0 Å². The van der Waals surface area contributed by atoms with Crippen LogP contribution in [0.2, 0.25) is 0 Å². The third-order valence-electron chi connectivity index (χ3n) is 3.34. The van der Waals surface area contributed by atoms with Crippen LogP contribution < -0.4 is 5.32 Å². The highest BCUT2D eigenvalue weighted by Gasteiger charge is 2.19. The molecule has 0 bridgehead atoms. The molecular weight excluding hydrogens is 274 g/mol. The van der Waals surface area contributed by atoms with Gasteiger partial charge in [-0.25, -0.2) is 0 Å². The molecule has 0 spiro atoms. The van der Waals surface area contributed by atoms with E-state index >= 15 is 0 Å². The van der Waals surface area contributed by atoms with E-state index in [4.69, 9.17) is 6.42 Å². The predicted molar refractivity (Wildman–Crippen MR) is 76.0 cm³/mol. The van der Waals surface area contributed by atoms with Crippen molar-refractivity contribution in [2.75, 3.05) is 0 Å². The van der Waals surface area contributed by atoms with E-state index in [1.165, 1.54) is 22.0 Å². The van der Waals surface area contributed by atoms with Gasteiger partial charge in [-0.3, -0.25) is 0 Å². The van der Waals surface area contributed by atoms with E-state index in [0.29, 0.717) is 12.1 Å². The van der Waals surface area contributed by atoms with Crippen molar-refractivity contribution < 1.29 is 0 Å². The fraction of sp³-hybridized carbons (Fsp3) is 0.467. The number of benzene rings is 1. The molecule has 0 heterocycles. The second kappa shape index (κ2) is 5.71. The van der Waals surface area contributed by atoms with E-state index in [2.05, 4.69) is 52.3 Å². The SMILES string of the molecule is C#CCC(C)NC1CCc2cc(Br)ccc2C1. The molecule has 1 aliphatic rings. The van der Waals surface area contributed by atoms with Gasteiger partial charge in [0.15, 0.2) is 0 Å². The van der Waals surface area contributed by atoms with Gasteiger partial charge in [-0.15, -0.1) is 12.3 Å². The second-order valence-electron chi connectivity index (χ2n) is 4.83. The molecule has 1 aromatic carbocycles. The third-order valence-corrected chi connectivity index (χ3v) is 3.83. The molecule has 0 radical (unpaired) electrons. The molecule has 1 aliphatic carbocycles. The van der Waals surface area contributed by atoms with Crippen molar-refractivity contribution in [1.29, 1.82) is 0 Å². The summed E-state index contributed by atoms with van der Waals surface area (Å²) < 4.78 is 1.18. The molecular formula is C15H18BrN. The van der Waals surface area contributed by atoms with E-state index in [9.17, 15) is 0 Å². The van der Waals surface area contributed by atoms with Gasteiger partial charge in [-0.05, 0) is 49.4 Å². The summed E-state index contributed by atoms with van der Waals surface area (Å²) in [5, 5.41) is 3.62. The minimum absolute atomic E-state index is 0.419. The summed E-state index contributed by atoms with van der Waals surface area (Å²) in [6.07, 6.45) is 9.63. The van der Waals surface area contributed by atoms with Crippen LogP contribution in [0.15, 0.2) is 22.7 Å². The van der Waals surface area contributed by atoms with Crippen LogP contribution in [0.1, 0.15) is 30.9 Å². The first kappa shape index (κ1) is 12.7. The molecule has 0 amide bonds. The maximum Gasteiger partial charge on any atom is 0.0238 e. The number of halogens is 1. The Kier molecular flexibility index (Phi) is 4.25. The van der Waals surface area contributed by atoms with Crippen LogP contribution in [-0.4, -0.2) is 12.1 Å². The minimum atomic E-state index is 0.419. The summed E-state index contributed by atoms with van der Waals surface area (Å²) in [5.74, 6) is 2.71. The van der Waals surface area contributed by atoms with Crippen LogP contribution in [0.25, 0.3) is 0 Å². The smallest absolute Gasteiger partial charge is 0.0238 e. The minimum Gasteiger partial charge on any atom is -0.310 e. The van der Waals surface area contributed by atoms with E-state index in [1.807, 2.05) is 0 Å². The lowest BCUT2D eigenvalue weighted by Crippen LogP contribution is -2.40. The molecule has 2 unspecified atom stereocenters. The molecule has 1 nitrogen and oxygen atoms in total. The fourth-order valence-electron chi connectivity index (χ4n) is 2.50. The van der Waals surface area contributed by atoms with Gasteiger partial charge in [-0.1, -0.05) is 22.0 Å². The highest BCUT2D eigenvalue weighted by molar-refractivity contribution is 9.10. The normalized spacial score (nSPS) is 20.4. The third kappa shape index (κ3) is 3.34. The summed E-state index contributed by atoms with van der Waals surface area (Å²) in [6, 6.07) is 7.61. The van der Waals surface area contributed by atoms with Gasteiger partial charge in [0.2, 0.25) is 0 Å². The van der Waals surface area contributed by atoms with Gasteiger partial charge in [0.25, 0.3) is 0 Å². The largest absolute Gasteiger partial charge is 0.310 e. The lowest BCUT2D eigenvalue weighted by molar-refractivity contribution is 0.410. The van der Waals surface area contributed by atoms with Crippen LogP contribution in [0.3, 0.4) is 0 Å². The molecule has 17 heavy (non-hydrogen) atoms. The Balaban J connectivity index is 1.99. The zero-order valence-corrected chi connectivity index (χ0v) is 11.8. The Hall–Kier alpha value is -0.780. The van der Waals surface area contributed by atoms with Crippen molar-refractivity contribution in [2.45, 2.75) is 44.7 Å². The van der Waals surface area contributed by atoms with Crippen LogP contribution in [0.4, 0.5) is 0 Å². The van der Waals surface area contributed by atoms with E-state index in [-0.39, 0.29) is 0 Å². The van der Waals surface area contributed by atoms with Gasteiger partial charge in [-0.2, -0.15) is 0 Å². The van der Waals surface area contributed by atoms with Crippen molar-refractivity contribution >= 4 is 15.9 Å². The molecule has 1 N–H and O–H groups in total. The Labute approximate surface area is 112 Å². The lowest BCUT2D eigenvalue weighted by Gasteiger charge is -2.28. The van der Waals surface area contributed by atoms with Crippen molar-refractivity contribution in [3.8, 4) is 12.3 Å². The summed E-state index contributed by atoms with van der Waals surface area (Å²) in [5.41, 5.74) is 2.96. The molecule has 90 valence electrons. The lowest BCUT2D eigenvalue weighted by atomic mass is 9.88. The molecule has 2 heteroatoms. The average Bonchev–Trinajstić information content (AvgIpc) is 2.29. The summed E-state index contributed by atoms with van der Waals surface area (Å²) in [4.78, 5) is 0. The fourth-order valence-corrected chi connectivity index (χ4v) is 2.91. The predicted octanol–water partition coefficient (Wildman–Crippen LogP) is 3.31. The van der Waals surface area contributed by atoms with Gasteiger partial charge in [0, 0.05) is 23.0 Å². The zero-order valence-electron chi connectivity index (χ0n) is 10.2. The highest BCUT2D eigenvalue weighted by Crippen LogP contribution is 2.25. The maximum atomic E-state index is 5.33. The molecule has 2 rings (SSSR count). The Morgan fingerprint density at radius 1 is 1.53 bits per heavy atom. The molecule has 0 saturated carbocycles. The van der Waals surface area contributed by atoms with Crippen molar-refractivity contribution in [3.05, 3.63) is 33.8 Å². The standard InChI is InChI=1S/C15H18BrN/c1-3-4-11(2)17-15-8-6-12-9-14(16)7-5-13(12)10-15/h1,5,7,9,11,15,17H,4,6,8,10H2,2H3. The van der Waals surface area contributed by atoms with Crippen molar-refractivity contribution in [3.63, 3.8) is 0 Å². The number of nitrogens with one attached hydrogen (secondary N) is 1. The van der Waals surface area contributed by atoms with Crippen LogP contribution >= 0.6 is 15.9 Å². The topological polar surface area (TPSA) is 12.0 Å². The first-order valence-electron chi connectivity index (χ1n) is 6.16. The summed E-state index contributed by atoms with van der Waals surface area (Å²) in [6.45, 7) is 2.16. The molecule has 0 saturated heterocycles. The van der Waals surface area contributed by atoms with Gasteiger partial charge >= 0.3 is 0 Å². The number of fused-ring (bicyclic) bond motifs is 1. The molecule has 0 aromatic heterocycles. The number of terminal acetylenes is 1. The van der Waals surface area contributed by atoms with E-state index < -0.39 is 0 Å². The summed E-state index contributed by atoms with van der Waals surface area (Å²) >= 11 is 3.53. The molecule has 0 aliphatic heterocycles. The first-order valence-corrected chi connectivity index (χ1v) is 6.95. The quantitative estimate of drug-likeness (QED) is 0.843. The Bertz CT molecular complexity index is 433. The van der Waals surface area contributed by atoms with Gasteiger partial charge in [0.1, 0.15) is 0 Å². The Morgan fingerprint density at radius 3 is 3.12 bits per heavy atom. The van der Waals surface area contributed by atoms with Crippen LogP contribution in [-0.2, 0) is 12.8 Å². The highest BCUT2D eigenvalue weighted by atomic mass is 79.9. The van der Waals surface area contributed by atoms with E-state index in [1.54, 1.807) is 0 Å². The van der Waals surface area contributed by atoms with E-state index in [0.717, 1.165) is 19.3 Å². The number of hydrogen-bond donors (Lipinski definition) is 1. The number of hydrogen-bond acceptors (Lipinski definition) is 1. The Morgan fingerprint density at radius 2 is 2.35 bits per heavy atom. The van der Waals surface area contributed by atoms with Crippen LogP contribution in [0.5, 0.6) is 0 Å². The number of aryl methyl sites for hydroxylation is 1. The molecule has 2 atom stereocenters. The molecule has 1 aromatic rings. The van der Waals surface area contributed by atoms with Crippen molar-refractivity contribution in [1.82, 2.24) is 5.32 Å². The zero-order chi connectivity index (χ0) is 12.3. The first-order chi connectivity index (χ1) is 8.19. The van der Waals surface area contributed by atoms with Gasteiger partial charge < -0.3 is 5.32 Å². The second-order valence-corrected chi connectivity index (χ2v) is 5.74. The average molecular weight is 292 g/mol. The monoisotopic (exact) mass is 291 g/mol.